The molecule has 9 heteroatoms. The average Bonchev–Trinajstić information content (AvgIpc) is 3.23. The predicted molar refractivity (Wildman–Crippen MR) is 125 cm³/mol. The van der Waals surface area contributed by atoms with E-state index in [-0.39, 0.29) is 36.0 Å². The second-order valence-corrected chi connectivity index (χ2v) is 7.01. The van der Waals surface area contributed by atoms with Crippen LogP contribution in [0.4, 0.5) is 0 Å². The highest BCUT2D eigenvalue weighted by Gasteiger charge is 2.25. The molecular weight excluding hydrogens is 507 g/mol. The van der Waals surface area contributed by atoms with Crippen molar-refractivity contribution in [2.45, 2.75) is 13.0 Å². The molecule has 3 rings (SSSR count). The predicted octanol–water partition coefficient (Wildman–Crippen LogP) is 3.35. The molecule has 2 heterocycles. The molecular formula is C20H26ClIN4O3. The minimum atomic E-state index is -0.0730. The highest BCUT2D eigenvalue weighted by Crippen LogP contribution is 2.18. The first-order valence-corrected chi connectivity index (χ1v) is 9.65. The van der Waals surface area contributed by atoms with Gasteiger partial charge in [0.1, 0.15) is 11.9 Å². The molecule has 2 aromatic rings. The number of nitrogens with zero attached hydrogens (tertiary/aromatic N) is 3. The van der Waals surface area contributed by atoms with E-state index in [0.717, 1.165) is 11.7 Å². The zero-order valence-corrected chi connectivity index (χ0v) is 19.6. The van der Waals surface area contributed by atoms with Crippen molar-refractivity contribution in [3.8, 4) is 5.75 Å². The van der Waals surface area contributed by atoms with Gasteiger partial charge >= 0.3 is 0 Å². The van der Waals surface area contributed by atoms with Crippen molar-refractivity contribution >= 4 is 47.4 Å². The minimum Gasteiger partial charge on any atom is -0.489 e. The quantitative estimate of drug-likeness (QED) is 0.363. The summed E-state index contributed by atoms with van der Waals surface area (Å²) >= 11 is 5.99. The number of benzene rings is 1. The van der Waals surface area contributed by atoms with Gasteiger partial charge in [0.25, 0.3) is 5.91 Å². The number of guanidine groups is 1. The third kappa shape index (κ3) is 6.53. The number of furan rings is 1. The Labute approximate surface area is 193 Å². The molecule has 158 valence electrons. The number of rotatable bonds is 5. The smallest absolute Gasteiger partial charge is 0.289 e. The Balaban J connectivity index is 0.00000300. The maximum Gasteiger partial charge on any atom is 0.289 e. The maximum absolute atomic E-state index is 12.4. The summed E-state index contributed by atoms with van der Waals surface area (Å²) in [6.07, 6.45) is 1.46. The number of nitrogens with one attached hydrogen (secondary N) is 1. The topological polar surface area (TPSA) is 70.3 Å². The van der Waals surface area contributed by atoms with E-state index in [9.17, 15) is 4.79 Å². The van der Waals surface area contributed by atoms with Gasteiger partial charge in [-0.1, -0.05) is 17.7 Å². The lowest BCUT2D eigenvalue weighted by atomic mass is 10.3. The van der Waals surface area contributed by atoms with Crippen LogP contribution in [0.25, 0.3) is 0 Å². The van der Waals surface area contributed by atoms with Crippen LogP contribution in [0.2, 0.25) is 5.02 Å². The van der Waals surface area contributed by atoms with Crippen LogP contribution in [0.1, 0.15) is 17.5 Å². The molecule has 0 bridgehead atoms. The highest BCUT2D eigenvalue weighted by atomic mass is 127. The summed E-state index contributed by atoms with van der Waals surface area (Å²) in [4.78, 5) is 20.7. The normalized spacial score (nSPS) is 15.5. The van der Waals surface area contributed by atoms with E-state index in [1.165, 1.54) is 6.26 Å². The number of aliphatic imine (C=N–C) groups is 1. The van der Waals surface area contributed by atoms with Crippen molar-refractivity contribution in [1.29, 1.82) is 0 Å². The fourth-order valence-corrected chi connectivity index (χ4v) is 3.24. The van der Waals surface area contributed by atoms with Crippen molar-refractivity contribution in [2.75, 3.05) is 39.8 Å². The lowest BCUT2D eigenvalue weighted by molar-refractivity contribution is 0.0657. The lowest BCUT2D eigenvalue weighted by Crippen LogP contribution is -2.54. The van der Waals surface area contributed by atoms with E-state index in [4.69, 9.17) is 20.8 Å². The molecule has 1 saturated heterocycles. The number of halogens is 2. The molecule has 1 unspecified atom stereocenters. The SMILES string of the molecule is CN=C(NCC(C)Oc1cccc(Cl)c1)N1CCN(C(=O)c2ccco2)CC1.I. The Kier molecular flexibility index (Phi) is 9.09. The third-order valence-corrected chi connectivity index (χ3v) is 4.73. The van der Waals surface area contributed by atoms with Crippen LogP contribution in [-0.4, -0.2) is 67.5 Å². The second-order valence-electron chi connectivity index (χ2n) is 6.57. The van der Waals surface area contributed by atoms with E-state index >= 15 is 0 Å². The highest BCUT2D eigenvalue weighted by molar-refractivity contribution is 14.0. The number of hydrogen-bond acceptors (Lipinski definition) is 4. The fourth-order valence-electron chi connectivity index (χ4n) is 3.06. The van der Waals surface area contributed by atoms with Crippen LogP contribution in [0.15, 0.2) is 52.1 Å². The summed E-state index contributed by atoms with van der Waals surface area (Å²) in [6, 6.07) is 10.8. The Morgan fingerprint density at radius 1 is 1.24 bits per heavy atom. The molecule has 0 saturated carbocycles. The molecule has 1 aromatic carbocycles. The van der Waals surface area contributed by atoms with Crippen molar-refractivity contribution in [3.05, 3.63) is 53.4 Å². The molecule has 1 atom stereocenters. The number of amides is 1. The largest absolute Gasteiger partial charge is 0.489 e. The van der Waals surface area contributed by atoms with E-state index in [1.807, 2.05) is 25.1 Å². The molecule has 0 spiro atoms. The van der Waals surface area contributed by atoms with Gasteiger partial charge in [-0.3, -0.25) is 9.79 Å². The van der Waals surface area contributed by atoms with Gasteiger partial charge in [0, 0.05) is 38.2 Å². The average molecular weight is 533 g/mol. The first-order chi connectivity index (χ1) is 13.6. The van der Waals surface area contributed by atoms with Gasteiger partial charge in [-0.15, -0.1) is 24.0 Å². The summed E-state index contributed by atoms with van der Waals surface area (Å²) in [5.41, 5.74) is 0. The number of carbonyl (C=O) groups excluding carboxylic acids is 1. The van der Waals surface area contributed by atoms with Crippen molar-refractivity contribution in [2.24, 2.45) is 4.99 Å². The molecule has 7 nitrogen and oxygen atoms in total. The Bertz CT molecular complexity index is 808. The molecule has 1 aliphatic rings. The summed E-state index contributed by atoms with van der Waals surface area (Å²) in [6.45, 7) is 5.24. The van der Waals surface area contributed by atoms with Crippen molar-refractivity contribution in [1.82, 2.24) is 15.1 Å². The van der Waals surface area contributed by atoms with E-state index in [1.54, 1.807) is 30.1 Å². The Morgan fingerprint density at radius 2 is 1.97 bits per heavy atom. The summed E-state index contributed by atoms with van der Waals surface area (Å²) in [5.74, 6) is 1.84. The van der Waals surface area contributed by atoms with E-state index in [0.29, 0.717) is 43.5 Å². The standard InChI is InChI=1S/C20H25ClN4O3.HI/c1-15(28-17-6-3-5-16(21)13-17)14-23-20(22-2)25-10-8-24(9-11-25)19(26)18-7-4-12-27-18;/h3-7,12-13,15H,8-11,14H2,1-2H3,(H,22,23);1H. The molecule has 1 fully saturated rings. The van der Waals surface area contributed by atoms with Crippen LogP contribution in [0.3, 0.4) is 0 Å². The molecule has 1 aliphatic heterocycles. The van der Waals surface area contributed by atoms with Crippen molar-refractivity contribution < 1.29 is 13.9 Å². The first-order valence-electron chi connectivity index (χ1n) is 9.27. The maximum atomic E-state index is 12.4. The van der Waals surface area contributed by atoms with Crippen LogP contribution >= 0.6 is 35.6 Å². The number of piperazine rings is 1. The number of ether oxygens (including phenoxy) is 1. The summed E-state index contributed by atoms with van der Waals surface area (Å²) in [5, 5.41) is 3.99. The first kappa shape index (κ1) is 23.3. The molecule has 1 aromatic heterocycles. The zero-order valence-electron chi connectivity index (χ0n) is 16.5. The fraction of sp³-hybridized carbons (Fsp3) is 0.400. The van der Waals surface area contributed by atoms with Crippen LogP contribution in [0.5, 0.6) is 5.75 Å². The Hall–Kier alpha value is -1.94. The Morgan fingerprint density at radius 3 is 2.59 bits per heavy atom. The summed E-state index contributed by atoms with van der Waals surface area (Å²) in [7, 11) is 1.76. The third-order valence-electron chi connectivity index (χ3n) is 4.49. The van der Waals surface area contributed by atoms with Gasteiger partial charge in [0.05, 0.1) is 12.8 Å². The molecule has 1 N–H and O–H groups in total. The van der Waals surface area contributed by atoms with E-state index < -0.39 is 0 Å². The lowest BCUT2D eigenvalue weighted by Gasteiger charge is -2.36. The molecule has 0 aliphatic carbocycles. The van der Waals surface area contributed by atoms with Crippen molar-refractivity contribution in [3.63, 3.8) is 0 Å². The number of carbonyl (C=O) groups is 1. The molecule has 29 heavy (non-hydrogen) atoms. The number of hydrogen-bond donors (Lipinski definition) is 1. The summed E-state index contributed by atoms with van der Waals surface area (Å²) < 4.78 is 11.1. The minimum absolute atomic E-state index is 0. The van der Waals surface area contributed by atoms with Crippen LogP contribution in [0, 0.1) is 0 Å². The molecule has 1 amide bonds. The zero-order chi connectivity index (χ0) is 19.9. The van der Waals surface area contributed by atoms with Gasteiger partial charge in [0.15, 0.2) is 11.7 Å². The van der Waals surface area contributed by atoms with Crippen LogP contribution < -0.4 is 10.1 Å². The van der Waals surface area contributed by atoms with E-state index in [2.05, 4.69) is 15.2 Å². The van der Waals surface area contributed by atoms with Gasteiger partial charge in [-0.2, -0.15) is 0 Å². The van der Waals surface area contributed by atoms with Gasteiger partial charge in [-0.25, -0.2) is 0 Å². The second kappa shape index (κ2) is 11.3. The van der Waals surface area contributed by atoms with Crippen LogP contribution in [-0.2, 0) is 0 Å². The van der Waals surface area contributed by atoms with Gasteiger partial charge in [-0.05, 0) is 37.3 Å². The van der Waals surface area contributed by atoms with Gasteiger partial charge < -0.3 is 24.3 Å². The monoisotopic (exact) mass is 532 g/mol. The van der Waals surface area contributed by atoms with Gasteiger partial charge in [0.2, 0.25) is 0 Å². The molecule has 0 radical (unpaired) electrons.